The fourth-order valence-electron chi connectivity index (χ4n) is 1.49. The Bertz CT molecular complexity index is 577. The van der Waals surface area contributed by atoms with Crippen LogP contribution in [0.5, 0.6) is 5.06 Å². The van der Waals surface area contributed by atoms with Crippen LogP contribution in [-0.2, 0) is 0 Å². The zero-order valence-corrected chi connectivity index (χ0v) is 10.9. The average Bonchev–Trinajstić information content (AvgIpc) is 2.87. The molecule has 0 amide bonds. The van der Waals surface area contributed by atoms with E-state index < -0.39 is 6.23 Å². The highest BCUT2D eigenvalue weighted by Gasteiger charge is 2.24. The zero-order chi connectivity index (χ0) is 11.8. The molecule has 0 radical (unpaired) electrons. The van der Waals surface area contributed by atoms with Crippen LogP contribution in [0.3, 0.4) is 0 Å². The second kappa shape index (κ2) is 4.04. The smallest absolute Gasteiger partial charge is 0.238 e. The number of nitrogens with two attached hydrogens (primary N) is 1. The highest BCUT2D eigenvalue weighted by Crippen LogP contribution is 2.33. The standard InChI is InChI=1S/C9H8BrN5OS/c10-4-1-5(17-2-4)16-8-6-7(13-3-12-6)14-9(11)15-8/h1-3,8H,(H,12,13)(H3,11,14,15). The van der Waals surface area contributed by atoms with Crippen LogP contribution in [0.4, 0.5) is 5.82 Å². The maximum absolute atomic E-state index is 5.74. The normalized spacial score (nSPS) is 18.2. The third-order valence-electron chi connectivity index (χ3n) is 2.19. The number of H-pyrrole nitrogens is 1. The number of guanidine groups is 1. The quantitative estimate of drug-likeness (QED) is 0.791. The number of ether oxygens (including phenoxy) is 1. The minimum Gasteiger partial charge on any atom is -0.453 e. The lowest BCUT2D eigenvalue weighted by atomic mass is 10.3. The molecular weight excluding hydrogens is 306 g/mol. The van der Waals surface area contributed by atoms with Crippen LogP contribution in [0.1, 0.15) is 11.9 Å². The molecule has 4 N–H and O–H groups in total. The van der Waals surface area contributed by atoms with E-state index in [1.54, 1.807) is 6.33 Å². The third-order valence-corrected chi connectivity index (χ3v) is 3.77. The van der Waals surface area contributed by atoms with Crippen molar-refractivity contribution in [3.8, 4) is 5.06 Å². The summed E-state index contributed by atoms with van der Waals surface area (Å²) in [6.07, 6.45) is 1.09. The molecule has 3 rings (SSSR count). The molecule has 0 bridgehead atoms. The number of imidazole rings is 1. The number of fused-ring (bicyclic) bond motifs is 1. The number of aliphatic imine (C=N–C) groups is 1. The highest BCUT2D eigenvalue weighted by atomic mass is 79.9. The Hall–Kier alpha value is -1.54. The number of anilines is 1. The number of halogens is 1. The first-order valence-corrected chi connectivity index (χ1v) is 6.44. The fourth-order valence-corrected chi connectivity index (χ4v) is 2.77. The van der Waals surface area contributed by atoms with Crippen molar-refractivity contribution in [3.05, 3.63) is 27.9 Å². The van der Waals surface area contributed by atoms with Crippen molar-refractivity contribution in [3.63, 3.8) is 0 Å². The van der Waals surface area contributed by atoms with Gasteiger partial charge in [0.15, 0.2) is 16.8 Å². The molecule has 1 aliphatic rings. The Morgan fingerprint density at radius 3 is 3.18 bits per heavy atom. The lowest BCUT2D eigenvalue weighted by Gasteiger charge is -2.19. The van der Waals surface area contributed by atoms with Crippen molar-refractivity contribution < 1.29 is 4.74 Å². The number of thiophene rings is 1. The average molecular weight is 314 g/mol. The Balaban J connectivity index is 1.89. The van der Waals surface area contributed by atoms with Crippen LogP contribution in [0.15, 0.2) is 27.2 Å². The topological polar surface area (TPSA) is 88.3 Å². The van der Waals surface area contributed by atoms with E-state index in [1.165, 1.54) is 11.3 Å². The largest absolute Gasteiger partial charge is 0.453 e. The van der Waals surface area contributed by atoms with Gasteiger partial charge < -0.3 is 20.8 Å². The highest BCUT2D eigenvalue weighted by molar-refractivity contribution is 9.10. The van der Waals surface area contributed by atoms with Crippen molar-refractivity contribution in [2.45, 2.75) is 6.23 Å². The first-order chi connectivity index (χ1) is 8.22. The second-order valence-corrected chi connectivity index (χ2v) is 5.15. The Labute approximate surface area is 109 Å². The third kappa shape index (κ3) is 2.01. The lowest BCUT2D eigenvalue weighted by molar-refractivity contribution is 0.218. The van der Waals surface area contributed by atoms with Crippen molar-refractivity contribution in [2.75, 3.05) is 5.32 Å². The van der Waals surface area contributed by atoms with E-state index >= 15 is 0 Å². The number of rotatable bonds is 2. The van der Waals surface area contributed by atoms with E-state index in [4.69, 9.17) is 10.5 Å². The molecule has 17 heavy (non-hydrogen) atoms. The molecule has 3 heterocycles. The number of hydrogen-bond acceptors (Lipinski definition) is 6. The molecule has 1 atom stereocenters. The summed E-state index contributed by atoms with van der Waals surface area (Å²) in [6, 6.07) is 1.88. The van der Waals surface area contributed by atoms with Crippen LogP contribution >= 0.6 is 27.3 Å². The van der Waals surface area contributed by atoms with E-state index in [0.29, 0.717) is 11.8 Å². The monoisotopic (exact) mass is 313 g/mol. The molecule has 1 aliphatic heterocycles. The van der Waals surface area contributed by atoms with E-state index in [1.807, 2.05) is 11.4 Å². The first kappa shape index (κ1) is 10.6. The second-order valence-electron chi connectivity index (χ2n) is 3.36. The van der Waals surface area contributed by atoms with Gasteiger partial charge in [-0.15, -0.1) is 11.3 Å². The van der Waals surface area contributed by atoms with E-state index in [2.05, 4.69) is 36.2 Å². The minimum atomic E-state index is -0.487. The van der Waals surface area contributed by atoms with Crippen molar-refractivity contribution in [1.82, 2.24) is 9.97 Å². The molecule has 8 heteroatoms. The molecule has 2 aromatic heterocycles. The van der Waals surface area contributed by atoms with Crippen LogP contribution in [0.25, 0.3) is 0 Å². The molecule has 1 unspecified atom stereocenters. The molecule has 6 nitrogen and oxygen atoms in total. The number of hydrogen-bond donors (Lipinski definition) is 3. The van der Waals surface area contributed by atoms with Crippen LogP contribution < -0.4 is 15.8 Å². The lowest BCUT2D eigenvalue weighted by Crippen LogP contribution is -2.29. The summed E-state index contributed by atoms with van der Waals surface area (Å²) in [4.78, 5) is 11.3. The number of nitrogens with one attached hydrogen (secondary N) is 2. The summed E-state index contributed by atoms with van der Waals surface area (Å²) in [5.74, 6) is 0.948. The summed E-state index contributed by atoms with van der Waals surface area (Å²) in [5, 5.41) is 5.57. The number of nitrogens with zero attached hydrogens (tertiary/aromatic N) is 2. The van der Waals surface area contributed by atoms with Crippen molar-refractivity contribution in [1.29, 1.82) is 0 Å². The molecule has 0 aliphatic carbocycles. The Kier molecular flexibility index (Phi) is 2.52. The van der Waals surface area contributed by atoms with Crippen molar-refractivity contribution in [2.24, 2.45) is 10.7 Å². The summed E-state index contributed by atoms with van der Waals surface area (Å²) in [7, 11) is 0. The molecule has 2 aromatic rings. The maximum Gasteiger partial charge on any atom is 0.238 e. The summed E-state index contributed by atoms with van der Waals surface area (Å²) < 4.78 is 6.72. The van der Waals surface area contributed by atoms with Gasteiger partial charge in [0, 0.05) is 15.9 Å². The molecule has 0 fully saturated rings. The van der Waals surface area contributed by atoms with Crippen LogP contribution in [0, 0.1) is 0 Å². The molecular formula is C9H8BrN5OS. The summed E-state index contributed by atoms with van der Waals surface area (Å²) >= 11 is 4.86. The number of aromatic amines is 1. The van der Waals surface area contributed by atoms with E-state index in [9.17, 15) is 0 Å². The van der Waals surface area contributed by atoms with Crippen LogP contribution in [-0.4, -0.2) is 15.9 Å². The predicted molar refractivity (Wildman–Crippen MR) is 69.2 cm³/mol. The van der Waals surface area contributed by atoms with Gasteiger partial charge >= 0.3 is 0 Å². The maximum atomic E-state index is 5.74. The van der Waals surface area contributed by atoms with Gasteiger partial charge in [0.05, 0.1) is 6.33 Å². The van der Waals surface area contributed by atoms with Crippen molar-refractivity contribution >= 4 is 39.0 Å². The Morgan fingerprint density at radius 2 is 2.41 bits per heavy atom. The minimum absolute atomic E-state index is 0.297. The van der Waals surface area contributed by atoms with Crippen LogP contribution in [0.2, 0.25) is 0 Å². The van der Waals surface area contributed by atoms with Gasteiger partial charge in [0.2, 0.25) is 6.23 Å². The molecule has 0 aromatic carbocycles. The predicted octanol–water partition coefficient (Wildman–Crippen LogP) is 2.05. The van der Waals surface area contributed by atoms with Gasteiger partial charge in [0.25, 0.3) is 0 Å². The molecule has 0 saturated carbocycles. The molecule has 88 valence electrons. The first-order valence-electron chi connectivity index (χ1n) is 4.76. The molecule has 0 saturated heterocycles. The van der Waals surface area contributed by atoms with Gasteiger partial charge in [-0.2, -0.15) is 0 Å². The Morgan fingerprint density at radius 1 is 1.53 bits per heavy atom. The summed E-state index contributed by atoms with van der Waals surface area (Å²) in [5.41, 5.74) is 6.42. The SMILES string of the molecule is NC1=NC(Oc2cc(Br)cs2)c2[nH]cnc2N1. The number of aromatic nitrogens is 2. The summed E-state index contributed by atoms with van der Waals surface area (Å²) in [6.45, 7) is 0. The van der Waals surface area contributed by atoms with Gasteiger partial charge in [-0.25, -0.2) is 9.98 Å². The van der Waals surface area contributed by atoms with E-state index in [0.717, 1.165) is 15.2 Å². The fraction of sp³-hybridized carbons (Fsp3) is 0.111. The van der Waals surface area contributed by atoms with Gasteiger partial charge in [-0.05, 0) is 15.9 Å². The van der Waals surface area contributed by atoms with Gasteiger partial charge in [-0.3, -0.25) is 0 Å². The van der Waals surface area contributed by atoms with Gasteiger partial charge in [0.1, 0.15) is 5.69 Å². The zero-order valence-electron chi connectivity index (χ0n) is 8.48. The molecule has 0 spiro atoms. The van der Waals surface area contributed by atoms with E-state index in [-0.39, 0.29) is 0 Å². The van der Waals surface area contributed by atoms with Gasteiger partial charge in [-0.1, -0.05) is 0 Å².